The highest BCUT2D eigenvalue weighted by Gasteiger charge is 2.27. The summed E-state index contributed by atoms with van der Waals surface area (Å²) >= 11 is 0. The summed E-state index contributed by atoms with van der Waals surface area (Å²) < 4.78 is 13.3. The summed E-state index contributed by atoms with van der Waals surface area (Å²) in [6.45, 7) is 4.11. The number of nitrogens with one attached hydrogen (secondary N) is 1. The van der Waals surface area contributed by atoms with E-state index in [1.807, 2.05) is 13.0 Å². The Morgan fingerprint density at radius 3 is 2.71 bits per heavy atom. The zero-order chi connectivity index (χ0) is 14.7. The second kappa shape index (κ2) is 6.40. The number of hydrogen-bond acceptors (Lipinski definition) is 1. The molecular formula is C19H22FN. The van der Waals surface area contributed by atoms with E-state index in [1.54, 1.807) is 12.1 Å². The highest BCUT2D eigenvalue weighted by Crippen LogP contribution is 2.34. The molecule has 110 valence electrons. The third-order valence-corrected chi connectivity index (χ3v) is 4.58. The molecule has 1 aliphatic rings. The summed E-state index contributed by atoms with van der Waals surface area (Å²) in [7, 11) is 0. The first kappa shape index (κ1) is 14.3. The van der Waals surface area contributed by atoms with E-state index >= 15 is 0 Å². The van der Waals surface area contributed by atoms with Gasteiger partial charge in [-0.25, -0.2) is 4.39 Å². The quantitative estimate of drug-likeness (QED) is 0.895. The molecule has 1 nitrogen and oxygen atoms in total. The summed E-state index contributed by atoms with van der Waals surface area (Å²) in [6, 6.07) is 15.9. The van der Waals surface area contributed by atoms with Crippen molar-refractivity contribution >= 4 is 0 Å². The minimum absolute atomic E-state index is 0.134. The van der Waals surface area contributed by atoms with Gasteiger partial charge in [-0.3, -0.25) is 0 Å². The second-order valence-electron chi connectivity index (χ2n) is 6.05. The lowest BCUT2D eigenvalue weighted by atomic mass is 9.77. The molecule has 1 saturated heterocycles. The van der Waals surface area contributed by atoms with E-state index in [-0.39, 0.29) is 5.82 Å². The van der Waals surface area contributed by atoms with Crippen LogP contribution in [0.4, 0.5) is 4.39 Å². The molecule has 1 N–H and O–H groups in total. The molecule has 2 aromatic rings. The van der Waals surface area contributed by atoms with Crippen molar-refractivity contribution in [2.24, 2.45) is 5.92 Å². The lowest BCUT2D eigenvalue weighted by Gasteiger charge is -2.33. The summed E-state index contributed by atoms with van der Waals surface area (Å²) in [5.41, 5.74) is 3.79. The zero-order valence-electron chi connectivity index (χ0n) is 12.5. The van der Waals surface area contributed by atoms with Crippen LogP contribution in [-0.2, 0) is 6.42 Å². The van der Waals surface area contributed by atoms with Gasteiger partial charge in [0.2, 0.25) is 0 Å². The molecule has 2 aromatic carbocycles. The van der Waals surface area contributed by atoms with Crippen molar-refractivity contribution in [3.63, 3.8) is 0 Å². The summed E-state index contributed by atoms with van der Waals surface area (Å²) in [5.74, 6) is 0.960. The Labute approximate surface area is 126 Å². The molecule has 2 atom stereocenters. The fourth-order valence-electron chi connectivity index (χ4n) is 3.52. The molecule has 0 aliphatic carbocycles. The van der Waals surface area contributed by atoms with Crippen molar-refractivity contribution in [1.82, 2.24) is 5.32 Å². The van der Waals surface area contributed by atoms with Crippen molar-refractivity contribution in [3.05, 3.63) is 71.0 Å². The zero-order valence-corrected chi connectivity index (χ0v) is 12.5. The van der Waals surface area contributed by atoms with Crippen LogP contribution in [0.15, 0.2) is 48.5 Å². The van der Waals surface area contributed by atoms with Gasteiger partial charge in [0.15, 0.2) is 0 Å². The maximum Gasteiger partial charge on any atom is 0.123 e. The number of aryl methyl sites for hydroxylation is 1. The van der Waals surface area contributed by atoms with Crippen LogP contribution in [-0.4, -0.2) is 13.1 Å². The maximum atomic E-state index is 13.3. The average Bonchev–Trinajstić information content (AvgIpc) is 2.49. The van der Waals surface area contributed by atoms with E-state index in [9.17, 15) is 4.39 Å². The van der Waals surface area contributed by atoms with Gasteiger partial charge in [0, 0.05) is 0 Å². The fourth-order valence-corrected chi connectivity index (χ4v) is 3.52. The van der Waals surface area contributed by atoms with Crippen LogP contribution in [0.1, 0.15) is 29.0 Å². The normalized spacial score (nSPS) is 22.2. The van der Waals surface area contributed by atoms with Gasteiger partial charge in [0.25, 0.3) is 0 Å². The van der Waals surface area contributed by atoms with Crippen LogP contribution in [0.3, 0.4) is 0 Å². The summed E-state index contributed by atoms with van der Waals surface area (Å²) in [4.78, 5) is 0. The third kappa shape index (κ3) is 3.33. The van der Waals surface area contributed by atoms with Crippen molar-refractivity contribution in [3.8, 4) is 0 Å². The van der Waals surface area contributed by atoms with Crippen molar-refractivity contribution < 1.29 is 4.39 Å². The smallest absolute Gasteiger partial charge is 0.123 e. The van der Waals surface area contributed by atoms with Gasteiger partial charge >= 0.3 is 0 Å². The molecule has 1 aliphatic heterocycles. The predicted octanol–water partition coefficient (Wildman–Crippen LogP) is 4.07. The van der Waals surface area contributed by atoms with E-state index in [4.69, 9.17) is 0 Å². The van der Waals surface area contributed by atoms with E-state index in [1.165, 1.54) is 11.1 Å². The maximum absolute atomic E-state index is 13.3. The molecule has 3 rings (SSSR count). The molecule has 21 heavy (non-hydrogen) atoms. The number of hydrogen-bond donors (Lipinski definition) is 1. The van der Waals surface area contributed by atoms with Gasteiger partial charge in [0.05, 0.1) is 0 Å². The standard InChI is InChI=1S/C19H22FN/c1-14-11-17(20)7-8-18(14)19-9-10-21-13-16(19)12-15-5-3-2-4-6-15/h2-8,11,16,19,21H,9-10,12-13H2,1H3. The van der Waals surface area contributed by atoms with Gasteiger partial charge in [0.1, 0.15) is 5.82 Å². The van der Waals surface area contributed by atoms with Gasteiger partial charge in [-0.2, -0.15) is 0 Å². The molecule has 0 bridgehead atoms. The highest BCUT2D eigenvalue weighted by atomic mass is 19.1. The number of halogens is 1. The predicted molar refractivity (Wildman–Crippen MR) is 85.0 cm³/mol. The largest absolute Gasteiger partial charge is 0.316 e. The molecule has 1 fully saturated rings. The summed E-state index contributed by atoms with van der Waals surface area (Å²) in [5, 5.41) is 3.51. The van der Waals surface area contributed by atoms with Crippen LogP contribution in [0.25, 0.3) is 0 Å². The Hall–Kier alpha value is -1.67. The van der Waals surface area contributed by atoms with Gasteiger partial charge in [-0.05, 0) is 73.5 Å². The second-order valence-corrected chi connectivity index (χ2v) is 6.05. The average molecular weight is 283 g/mol. The highest BCUT2D eigenvalue weighted by molar-refractivity contribution is 5.31. The van der Waals surface area contributed by atoms with Crippen LogP contribution in [0.5, 0.6) is 0 Å². The summed E-state index contributed by atoms with van der Waals surface area (Å²) in [6.07, 6.45) is 2.21. The number of benzene rings is 2. The fraction of sp³-hybridized carbons (Fsp3) is 0.368. The van der Waals surface area contributed by atoms with Crippen molar-refractivity contribution in [1.29, 1.82) is 0 Å². The molecule has 0 amide bonds. The first-order valence-electron chi connectivity index (χ1n) is 7.75. The van der Waals surface area contributed by atoms with Crippen molar-refractivity contribution in [2.45, 2.75) is 25.7 Å². The number of piperidine rings is 1. The van der Waals surface area contributed by atoms with Gasteiger partial charge < -0.3 is 5.32 Å². The molecular weight excluding hydrogens is 261 g/mol. The van der Waals surface area contributed by atoms with E-state index in [0.717, 1.165) is 31.5 Å². The lowest BCUT2D eigenvalue weighted by Crippen LogP contribution is -2.36. The molecule has 2 unspecified atom stereocenters. The monoisotopic (exact) mass is 283 g/mol. The first-order chi connectivity index (χ1) is 10.2. The van der Waals surface area contributed by atoms with E-state index in [0.29, 0.717) is 11.8 Å². The Morgan fingerprint density at radius 2 is 1.95 bits per heavy atom. The topological polar surface area (TPSA) is 12.0 Å². The van der Waals surface area contributed by atoms with E-state index < -0.39 is 0 Å². The Balaban J connectivity index is 1.84. The first-order valence-corrected chi connectivity index (χ1v) is 7.75. The molecule has 0 radical (unpaired) electrons. The van der Waals surface area contributed by atoms with Crippen LogP contribution >= 0.6 is 0 Å². The van der Waals surface area contributed by atoms with Crippen LogP contribution < -0.4 is 5.32 Å². The molecule has 0 aromatic heterocycles. The minimum atomic E-state index is -0.134. The molecule has 0 spiro atoms. The minimum Gasteiger partial charge on any atom is -0.316 e. The number of rotatable bonds is 3. The lowest BCUT2D eigenvalue weighted by molar-refractivity contribution is 0.323. The third-order valence-electron chi connectivity index (χ3n) is 4.58. The van der Waals surface area contributed by atoms with Crippen LogP contribution in [0, 0.1) is 18.7 Å². The molecule has 2 heteroatoms. The van der Waals surface area contributed by atoms with Gasteiger partial charge in [-0.15, -0.1) is 0 Å². The van der Waals surface area contributed by atoms with E-state index in [2.05, 4.69) is 35.6 Å². The SMILES string of the molecule is Cc1cc(F)ccc1C1CCNCC1Cc1ccccc1. The Bertz CT molecular complexity index is 594. The molecule has 0 saturated carbocycles. The Kier molecular flexibility index (Phi) is 4.35. The Morgan fingerprint density at radius 1 is 1.14 bits per heavy atom. The molecule has 1 heterocycles. The van der Waals surface area contributed by atoms with Gasteiger partial charge in [-0.1, -0.05) is 36.4 Å². The van der Waals surface area contributed by atoms with Crippen molar-refractivity contribution in [2.75, 3.05) is 13.1 Å². The van der Waals surface area contributed by atoms with Crippen LogP contribution in [0.2, 0.25) is 0 Å².